The minimum Gasteiger partial charge on any atom is -0.311 e. The van der Waals surface area contributed by atoms with Crippen LogP contribution >= 0.6 is 11.8 Å². The van der Waals surface area contributed by atoms with Crippen molar-refractivity contribution in [2.75, 3.05) is 17.2 Å². The molecular formula is C21H19N3OS. The molecule has 0 fully saturated rings. The second-order valence-electron chi connectivity index (χ2n) is 6.17. The molecule has 0 saturated carbocycles. The number of hydrogen-bond donors (Lipinski definition) is 0. The Kier molecular flexibility index (Phi) is 4.97. The zero-order valence-electron chi connectivity index (χ0n) is 14.3. The molecule has 130 valence electrons. The first-order chi connectivity index (χ1) is 12.8. The van der Waals surface area contributed by atoms with Gasteiger partial charge >= 0.3 is 0 Å². The Morgan fingerprint density at radius 2 is 1.85 bits per heavy atom. The molecule has 0 spiro atoms. The Balaban J connectivity index is 1.46. The van der Waals surface area contributed by atoms with Crippen molar-refractivity contribution in [3.63, 3.8) is 0 Å². The third-order valence-electron chi connectivity index (χ3n) is 4.47. The number of amides is 1. The predicted molar refractivity (Wildman–Crippen MR) is 105 cm³/mol. The molecule has 0 bridgehead atoms. The van der Waals surface area contributed by atoms with Crippen molar-refractivity contribution in [1.82, 2.24) is 9.97 Å². The molecule has 2 aromatic carbocycles. The molecule has 5 heteroatoms. The van der Waals surface area contributed by atoms with Gasteiger partial charge in [0.15, 0.2) is 0 Å². The third kappa shape index (κ3) is 3.63. The average Bonchev–Trinajstić information content (AvgIpc) is 2.72. The summed E-state index contributed by atoms with van der Waals surface area (Å²) in [4.78, 5) is 23.3. The number of anilines is 1. The number of aryl methyl sites for hydroxylation is 1. The van der Waals surface area contributed by atoms with Crippen LogP contribution in [0.4, 0.5) is 5.69 Å². The zero-order chi connectivity index (χ0) is 17.8. The van der Waals surface area contributed by atoms with Crippen LogP contribution in [0.15, 0.2) is 72.0 Å². The SMILES string of the molecule is O=C(CSc1cc(-c2ccccc2)ncn1)N1CCCc2ccccc21. The van der Waals surface area contributed by atoms with E-state index in [1.807, 2.05) is 59.5 Å². The maximum atomic E-state index is 12.8. The van der Waals surface area contributed by atoms with Crippen molar-refractivity contribution in [2.45, 2.75) is 17.9 Å². The number of hydrogen-bond acceptors (Lipinski definition) is 4. The molecule has 0 atom stereocenters. The average molecular weight is 361 g/mol. The van der Waals surface area contributed by atoms with Gasteiger partial charge in [0.2, 0.25) is 5.91 Å². The predicted octanol–water partition coefficient (Wildman–Crippen LogP) is 4.22. The van der Waals surface area contributed by atoms with Gasteiger partial charge < -0.3 is 4.90 Å². The molecule has 0 radical (unpaired) electrons. The summed E-state index contributed by atoms with van der Waals surface area (Å²) in [5.41, 5.74) is 4.23. The number of benzene rings is 2. The Morgan fingerprint density at radius 1 is 1.04 bits per heavy atom. The van der Waals surface area contributed by atoms with Crippen LogP contribution < -0.4 is 4.90 Å². The van der Waals surface area contributed by atoms with Crippen molar-refractivity contribution in [3.05, 3.63) is 72.6 Å². The van der Waals surface area contributed by atoms with Crippen LogP contribution in [0.3, 0.4) is 0 Å². The zero-order valence-corrected chi connectivity index (χ0v) is 15.2. The van der Waals surface area contributed by atoms with E-state index < -0.39 is 0 Å². The summed E-state index contributed by atoms with van der Waals surface area (Å²) in [6, 6.07) is 20.1. The first-order valence-corrected chi connectivity index (χ1v) is 9.68. The topological polar surface area (TPSA) is 46.1 Å². The normalized spacial score (nSPS) is 13.3. The minimum atomic E-state index is 0.127. The van der Waals surface area contributed by atoms with E-state index in [2.05, 4.69) is 16.0 Å². The Labute approximate surface area is 157 Å². The lowest BCUT2D eigenvalue weighted by Crippen LogP contribution is -2.36. The summed E-state index contributed by atoms with van der Waals surface area (Å²) in [5, 5.41) is 0.817. The molecule has 0 aliphatic carbocycles. The van der Waals surface area contributed by atoms with E-state index in [0.717, 1.165) is 41.4 Å². The van der Waals surface area contributed by atoms with Crippen LogP contribution in [-0.4, -0.2) is 28.2 Å². The van der Waals surface area contributed by atoms with Crippen LogP contribution in [0.5, 0.6) is 0 Å². The van der Waals surface area contributed by atoms with E-state index in [1.165, 1.54) is 17.3 Å². The summed E-state index contributed by atoms with van der Waals surface area (Å²) in [7, 11) is 0. The highest BCUT2D eigenvalue weighted by Gasteiger charge is 2.22. The van der Waals surface area contributed by atoms with Crippen molar-refractivity contribution in [2.24, 2.45) is 0 Å². The highest BCUT2D eigenvalue weighted by atomic mass is 32.2. The number of para-hydroxylation sites is 1. The summed E-state index contributed by atoms with van der Waals surface area (Å²) in [6.07, 6.45) is 3.61. The smallest absolute Gasteiger partial charge is 0.237 e. The van der Waals surface area contributed by atoms with E-state index >= 15 is 0 Å². The maximum absolute atomic E-state index is 12.8. The first kappa shape index (κ1) is 16.8. The Bertz CT molecular complexity index is 914. The maximum Gasteiger partial charge on any atom is 0.237 e. The highest BCUT2D eigenvalue weighted by Crippen LogP contribution is 2.28. The van der Waals surface area contributed by atoms with Crippen molar-refractivity contribution in [1.29, 1.82) is 0 Å². The fourth-order valence-electron chi connectivity index (χ4n) is 3.19. The number of rotatable bonds is 4. The van der Waals surface area contributed by atoms with Gasteiger partial charge in [-0.3, -0.25) is 4.79 Å². The standard InChI is InChI=1S/C21H19N3OS/c25-21(24-12-6-10-17-9-4-5-11-19(17)24)14-26-20-13-18(22-15-23-20)16-7-2-1-3-8-16/h1-5,7-9,11,13,15H,6,10,12,14H2. The molecule has 2 heterocycles. The van der Waals surface area contributed by atoms with Gasteiger partial charge in [-0.15, -0.1) is 0 Å². The second-order valence-corrected chi connectivity index (χ2v) is 7.17. The largest absolute Gasteiger partial charge is 0.311 e. The van der Waals surface area contributed by atoms with Gasteiger partial charge in [0, 0.05) is 17.8 Å². The van der Waals surface area contributed by atoms with E-state index in [9.17, 15) is 4.79 Å². The van der Waals surface area contributed by atoms with Gasteiger partial charge in [-0.05, 0) is 30.5 Å². The molecule has 0 saturated heterocycles. The number of carbonyl (C=O) groups is 1. The van der Waals surface area contributed by atoms with E-state index in [-0.39, 0.29) is 5.91 Å². The molecule has 1 aliphatic rings. The van der Waals surface area contributed by atoms with Crippen LogP contribution in [-0.2, 0) is 11.2 Å². The van der Waals surface area contributed by atoms with E-state index in [1.54, 1.807) is 6.33 Å². The molecule has 0 N–H and O–H groups in total. The van der Waals surface area contributed by atoms with Gasteiger partial charge in [-0.25, -0.2) is 9.97 Å². The van der Waals surface area contributed by atoms with Gasteiger partial charge in [0.1, 0.15) is 11.4 Å². The van der Waals surface area contributed by atoms with E-state index in [0.29, 0.717) is 5.75 Å². The van der Waals surface area contributed by atoms with Crippen LogP contribution in [0.1, 0.15) is 12.0 Å². The lowest BCUT2D eigenvalue weighted by molar-refractivity contribution is -0.116. The lowest BCUT2D eigenvalue weighted by Gasteiger charge is -2.29. The number of nitrogens with zero attached hydrogens (tertiary/aromatic N) is 3. The van der Waals surface area contributed by atoms with Gasteiger partial charge in [0.05, 0.1) is 11.4 Å². The molecule has 4 rings (SSSR count). The lowest BCUT2D eigenvalue weighted by atomic mass is 10.0. The van der Waals surface area contributed by atoms with Gasteiger partial charge in [-0.2, -0.15) is 0 Å². The number of thioether (sulfide) groups is 1. The fourth-order valence-corrected chi connectivity index (χ4v) is 3.94. The van der Waals surface area contributed by atoms with Crippen molar-refractivity contribution in [3.8, 4) is 11.3 Å². The van der Waals surface area contributed by atoms with Gasteiger partial charge in [0.25, 0.3) is 0 Å². The molecule has 3 aromatic rings. The van der Waals surface area contributed by atoms with Crippen LogP contribution in [0.25, 0.3) is 11.3 Å². The Hall–Kier alpha value is -2.66. The van der Waals surface area contributed by atoms with Gasteiger partial charge in [-0.1, -0.05) is 60.3 Å². The summed E-state index contributed by atoms with van der Waals surface area (Å²) >= 11 is 1.46. The number of carbonyl (C=O) groups excluding carboxylic acids is 1. The summed E-state index contributed by atoms with van der Waals surface area (Å²) < 4.78 is 0. The molecule has 4 nitrogen and oxygen atoms in total. The first-order valence-electron chi connectivity index (χ1n) is 8.70. The monoisotopic (exact) mass is 361 g/mol. The van der Waals surface area contributed by atoms with Crippen molar-refractivity contribution < 1.29 is 4.79 Å². The molecule has 1 aromatic heterocycles. The Morgan fingerprint density at radius 3 is 2.73 bits per heavy atom. The number of fused-ring (bicyclic) bond motifs is 1. The summed E-state index contributed by atoms with van der Waals surface area (Å²) in [6.45, 7) is 0.787. The van der Waals surface area contributed by atoms with Crippen molar-refractivity contribution >= 4 is 23.4 Å². The molecule has 1 aliphatic heterocycles. The van der Waals surface area contributed by atoms with E-state index in [4.69, 9.17) is 0 Å². The fraction of sp³-hybridized carbons (Fsp3) is 0.190. The molecular weight excluding hydrogens is 342 g/mol. The van der Waals surface area contributed by atoms with Crippen LogP contribution in [0.2, 0.25) is 0 Å². The quantitative estimate of drug-likeness (QED) is 0.516. The molecule has 1 amide bonds. The summed E-state index contributed by atoms with van der Waals surface area (Å²) in [5.74, 6) is 0.501. The highest BCUT2D eigenvalue weighted by molar-refractivity contribution is 7.99. The third-order valence-corrected chi connectivity index (χ3v) is 5.38. The van der Waals surface area contributed by atoms with Crippen LogP contribution in [0, 0.1) is 0 Å². The molecule has 0 unspecified atom stereocenters. The minimum absolute atomic E-state index is 0.127. The second kappa shape index (κ2) is 7.70. The number of aromatic nitrogens is 2. The molecule has 26 heavy (non-hydrogen) atoms.